The zero-order chi connectivity index (χ0) is 13.7. The molecule has 0 saturated carbocycles. The van der Waals surface area contributed by atoms with E-state index in [1.165, 1.54) is 5.69 Å². The zero-order valence-electron chi connectivity index (χ0n) is 12.2. The lowest BCUT2D eigenvalue weighted by Crippen LogP contribution is -2.44. The van der Waals surface area contributed by atoms with E-state index in [0.29, 0.717) is 12.2 Å². The van der Waals surface area contributed by atoms with Gasteiger partial charge in [0.2, 0.25) is 0 Å². The van der Waals surface area contributed by atoms with Gasteiger partial charge in [-0.2, -0.15) is 0 Å². The largest absolute Gasteiger partial charge is 0.385 e. The number of anilines is 1. The van der Waals surface area contributed by atoms with Crippen molar-refractivity contribution >= 4 is 5.69 Å². The second-order valence-corrected chi connectivity index (χ2v) is 5.41. The van der Waals surface area contributed by atoms with E-state index in [-0.39, 0.29) is 0 Å². The molecule has 1 saturated heterocycles. The van der Waals surface area contributed by atoms with E-state index in [1.54, 1.807) is 0 Å². The maximum atomic E-state index is 5.76. The maximum absolute atomic E-state index is 5.76. The van der Waals surface area contributed by atoms with Crippen LogP contribution in [-0.4, -0.2) is 41.7 Å². The fourth-order valence-electron chi connectivity index (χ4n) is 2.59. The van der Waals surface area contributed by atoms with Gasteiger partial charge in [0.05, 0.1) is 17.9 Å². The van der Waals surface area contributed by atoms with Gasteiger partial charge in [-0.15, -0.1) is 0 Å². The third-order valence-corrected chi connectivity index (χ3v) is 3.28. The van der Waals surface area contributed by atoms with Crippen molar-refractivity contribution in [3.63, 3.8) is 0 Å². The number of ether oxygens (including phenoxy) is 1. The van der Waals surface area contributed by atoms with Crippen LogP contribution in [0.15, 0.2) is 18.3 Å². The topological polar surface area (TPSA) is 37.4 Å². The zero-order valence-corrected chi connectivity index (χ0v) is 12.2. The number of nitrogens with zero attached hydrogens (tertiary/aromatic N) is 2. The lowest BCUT2D eigenvalue weighted by Gasteiger charge is -2.35. The summed E-state index contributed by atoms with van der Waals surface area (Å²) in [7, 11) is 0. The van der Waals surface area contributed by atoms with E-state index in [4.69, 9.17) is 4.74 Å². The number of morpholine rings is 1. The molecule has 2 rings (SSSR count). The normalized spacial score (nSPS) is 24.4. The summed E-state index contributed by atoms with van der Waals surface area (Å²) in [5, 5.41) is 3.41. The summed E-state index contributed by atoms with van der Waals surface area (Å²) >= 11 is 0. The Balaban J connectivity index is 1.94. The first-order chi connectivity index (χ1) is 9.17. The highest BCUT2D eigenvalue weighted by Crippen LogP contribution is 2.15. The number of hydrogen-bond donors (Lipinski definition) is 1. The molecule has 19 heavy (non-hydrogen) atoms. The van der Waals surface area contributed by atoms with Crippen LogP contribution in [0.3, 0.4) is 0 Å². The van der Waals surface area contributed by atoms with E-state index in [0.717, 1.165) is 38.3 Å². The molecule has 1 fully saturated rings. The first kappa shape index (κ1) is 14.3. The predicted octanol–water partition coefficient (Wildman–Crippen LogP) is 2.51. The quantitative estimate of drug-likeness (QED) is 0.885. The second kappa shape index (κ2) is 6.87. The van der Waals surface area contributed by atoms with Crippen LogP contribution in [0, 0.1) is 0 Å². The van der Waals surface area contributed by atoms with Crippen molar-refractivity contribution in [2.45, 2.75) is 45.9 Å². The third kappa shape index (κ3) is 4.48. The first-order valence-corrected chi connectivity index (χ1v) is 7.24. The Hall–Kier alpha value is -1.13. The van der Waals surface area contributed by atoms with E-state index < -0.39 is 0 Å². The summed E-state index contributed by atoms with van der Waals surface area (Å²) in [6.07, 6.45) is 3.65. The molecule has 106 valence electrons. The van der Waals surface area contributed by atoms with Gasteiger partial charge in [0.15, 0.2) is 0 Å². The standard InChI is InChI=1S/C15H25N3O/c1-4-6-16-14-5-7-17-15(8-14)11-18-9-12(2)19-13(3)10-18/h5,7-8,12-13H,4,6,9-11H2,1-3H3,(H,16,17). The molecule has 4 heteroatoms. The molecule has 2 heterocycles. The Morgan fingerprint density at radius 2 is 2.11 bits per heavy atom. The van der Waals surface area contributed by atoms with Crippen molar-refractivity contribution in [3.05, 3.63) is 24.0 Å². The molecule has 1 aromatic rings. The van der Waals surface area contributed by atoms with Crippen LogP contribution >= 0.6 is 0 Å². The summed E-state index contributed by atoms with van der Waals surface area (Å²) in [5.41, 5.74) is 2.30. The van der Waals surface area contributed by atoms with Gasteiger partial charge < -0.3 is 10.1 Å². The summed E-state index contributed by atoms with van der Waals surface area (Å²) < 4.78 is 5.76. The Morgan fingerprint density at radius 3 is 2.79 bits per heavy atom. The average Bonchev–Trinajstić information content (AvgIpc) is 2.35. The molecule has 0 spiro atoms. The molecule has 0 radical (unpaired) electrons. The molecule has 0 bridgehead atoms. The van der Waals surface area contributed by atoms with Crippen molar-refractivity contribution < 1.29 is 4.74 Å². The molecule has 2 unspecified atom stereocenters. The number of nitrogens with one attached hydrogen (secondary N) is 1. The molecule has 2 atom stereocenters. The van der Waals surface area contributed by atoms with E-state index in [2.05, 4.69) is 42.0 Å². The molecule has 0 aliphatic carbocycles. The molecule has 1 aliphatic rings. The van der Waals surface area contributed by atoms with Gasteiger partial charge in [0.1, 0.15) is 0 Å². The van der Waals surface area contributed by atoms with Gasteiger partial charge in [-0.05, 0) is 32.4 Å². The summed E-state index contributed by atoms with van der Waals surface area (Å²) in [5.74, 6) is 0. The minimum Gasteiger partial charge on any atom is -0.385 e. The summed E-state index contributed by atoms with van der Waals surface area (Å²) in [4.78, 5) is 6.89. The highest BCUT2D eigenvalue weighted by atomic mass is 16.5. The monoisotopic (exact) mass is 263 g/mol. The Kier molecular flexibility index (Phi) is 5.16. The summed E-state index contributed by atoms with van der Waals surface area (Å²) in [6, 6.07) is 4.18. The Labute approximate surface area is 116 Å². The minimum atomic E-state index is 0.310. The second-order valence-electron chi connectivity index (χ2n) is 5.41. The maximum Gasteiger partial charge on any atom is 0.0678 e. The van der Waals surface area contributed by atoms with E-state index >= 15 is 0 Å². The van der Waals surface area contributed by atoms with E-state index in [1.807, 2.05) is 12.3 Å². The molecular formula is C15H25N3O. The van der Waals surface area contributed by atoms with Gasteiger partial charge in [-0.1, -0.05) is 6.92 Å². The Bertz CT molecular complexity index is 387. The molecule has 1 aromatic heterocycles. The Morgan fingerprint density at radius 1 is 1.37 bits per heavy atom. The number of rotatable bonds is 5. The van der Waals surface area contributed by atoms with Crippen LogP contribution in [0.1, 0.15) is 32.9 Å². The number of hydrogen-bond acceptors (Lipinski definition) is 4. The van der Waals surface area contributed by atoms with Gasteiger partial charge in [0, 0.05) is 38.1 Å². The molecule has 1 aliphatic heterocycles. The smallest absolute Gasteiger partial charge is 0.0678 e. The molecule has 4 nitrogen and oxygen atoms in total. The van der Waals surface area contributed by atoms with Gasteiger partial charge in [-0.3, -0.25) is 9.88 Å². The fraction of sp³-hybridized carbons (Fsp3) is 0.667. The van der Waals surface area contributed by atoms with Gasteiger partial charge in [-0.25, -0.2) is 0 Å². The highest BCUT2D eigenvalue weighted by Gasteiger charge is 2.22. The van der Waals surface area contributed by atoms with Crippen molar-refractivity contribution in [2.24, 2.45) is 0 Å². The van der Waals surface area contributed by atoms with Crippen molar-refractivity contribution in [1.82, 2.24) is 9.88 Å². The predicted molar refractivity (Wildman–Crippen MR) is 78.3 cm³/mol. The van der Waals surface area contributed by atoms with E-state index in [9.17, 15) is 0 Å². The van der Waals surface area contributed by atoms with Crippen molar-refractivity contribution in [3.8, 4) is 0 Å². The highest BCUT2D eigenvalue weighted by molar-refractivity contribution is 5.43. The molecule has 1 N–H and O–H groups in total. The number of pyridine rings is 1. The van der Waals surface area contributed by atoms with Crippen molar-refractivity contribution in [1.29, 1.82) is 0 Å². The fourth-order valence-corrected chi connectivity index (χ4v) is 2.59. The van der Waals surface area contributed by atoms with Crippen LogP contribution in [0.5, 0.6) is 0 Å². The first-order valence-electron chi connectivity index (χ1n) is 7.24. The average molecular weight is 263 g/mol. The number of aromatic nitrogens is 1. The van der Waals surface area contributed by atoms with Gasteiger partial charge >= 0.3 is 0 Å². The van der Waals surface area contributed by atoms with Crippen LogP contribution in [0.2, 0.25) is 0 Å². The molecular weight excluding hydrogens is 238 g/mol. The van der Waals surface area contributed by atoms with Crippen LogP contribution < -0.4 is 5.32 Å². The van der Waals surface area contributed by atoms with Crippen LogP contribution in [-0.2, 0) is 11.3 Å². The van der Waals surface area contributed by atoms with Crippen molar-refractivity contribution in [2.75, 3.05) is 25.0 Å². The van der Waals surface area contributed by atoms with Crippen LogP contribution in [0.4, 0.5) is 5.69 Å². The molecule has 0 aromatic carbocycles. The molecule has 0 amide bonds. The van der Waals surface area contributed by atoms with Gasteiger partial charge in [0.25, 0.3) is 0 Å². The SMILES string of the molecule is CCCNc1ccnc(CN2CC(C)OC(C)C2)c1. The lowest BCUT2D eigenvalue weighted by molar-refractivity contribution is -0.0707. The van der Waals surface area contributed by atoms with Crippen LogP contribution in [0.25, 0.3) is 0 Å². The minimum absolute atomic E-state index is 0.310. The third-order valence-electron chi connectivity index (χ3n) is 3.28. The lowest BCUT2D eigenvalue weighted by atomic mass is 10.2. The summed E-state index contributed by atoms with van der Waals surface area (Å²) in [6.45, 7) is 10.3.